The Morgan fingerprint density at radius 1 is 1.30 bits per heavy atom. The zero-order valence-corrected chi connectivity index (χ0v) is 12.9. The molecule has 2 unspecified atom stereocenters. The van der Waals surface area contributed by atoms with Crippen molar-refractivity contribution in [2.75, 3.05) is 26.2 Å². The van der Waals surface area contributed by atoms with Gasteiger partial charge in [0, 0.05) is 5.92 Å². The van der Waals surface area contributed by atoms with E-state index in [2.05, 4.69) is 36.2 Å². The van der Waals surface area contributed by atoms with E-state index in [1.165, 1.54) is 44.7 Å². The molecule has 2 heterocycles. The molecule has 112 valence electrons. The summed E-state index contributed by atoms with van der Waals surface area (Å²) < 4.78 is 6.02. The second kappa shape index (κ2) is 6.31. The summed E-state index contributed by atoms with van der Waals surface area (Å²) in [7, 11) is 0. The van der Waals surface area contributed by atoms with Crippen LogP contribution in [0.25, 0.3) is 0 Å². The van der Waals surface area contributed by atoms with Crippen LogP contribution in [0.4, 0.5) is 0 Å². The Balaban J connectivity index is 1.44. The highest BCUT2D eigenvalue weighted by Crippen LogP contribution is 2.47. The van der Waals surface area contributed by atoms with E-state index in [1.54, 1.807) is 0 Å². The molecule has 2 fully saturated rings. The molecule has 0 bridgehead atoms. The Kier molecular flexibility index (Phi) is 4.47. The van der Waals surface area contributed by atoms with E-state index in [9.17, 15) is 0 Å². The molecular formula is C17H28N2O. The van der Waals surface area contributed by atoms with Crippen molar-refractivity contribution in [1.82, 2.24) is 10.2 Å². The first-order valence-electron chi connectivity index (χ1n) is 8.28. The predicted octanol–water partition coefficient (Wildman–Crippen LogP) is 3.22. The molecule has 1 aliphatic carbocycles. The minimum atomic E-state index is 0.703. The average molecular weight is 276 g/mol. The average Bonchev–Trinajstić information content (AvgIpc) is 3.01. The summed E-state index contributed by atoms with van der Waals surface area (Å²) in [5, 5.41) is 3.47. The van der Waals surface area contributed by atoms with Crippen molar-refractivity contribution in [3.63, 3.8) is 0 Å². The summed E-state index contributed by atoms with van der Waals surface area (Å²) in [5.41, 5.74) is 0. The predicted molar refractivity (Wildman–Crippen MR) is 81.8 cm³/mol. The lowest BCUT2D eigenvalue weighted by Gasteiger charge is -2.31. The molecule has 0 aromatic carbocycles. The number of hydrogen-bond acceptors (Lipinski definition) is 3. The molecule has 3 heteroatoms. The van der Waals surface area contributed by atoms with Crippen molar-refractivity contribution in [2.24, 2.45) is 11.8 Å². The third-order valence-corrected chi connectivity index (χ3v) is 4.93. The molecule has 1 saturated heterocycles. The second-order valence-electron chi connectivity index (χ2n) is 6.65. The quantitative estimate of drug-likeness (QED) is 0.864. The van der Waals surface area contributed by atoms with Crippen molar-refractivity contribution in [3.05, 3.63) is 23.7 Å². The number of nitrogens with zero attached hydrogens (tertiary/aromatic N) is 1. The lowest BCUT2D eigenvalue weighted by atomic mass is 9.97. The van der Waals surface area contributed by atoms with Crippen molar-refractivity contribution in [1.29, 1.82) is 0 Å². The Morgan fingerprint density at radius 3 is 2.70 bits per heavy atom. The first-order chi connectivity index (χ1) is 9.76. The Labute approximate surface area is 122 Å². The van der Waals surface area contributed by atoms with Crippen LogP contribution in [-0.4, -0.2) is 31.1 Å². The molecule has 1 aromatic rings. The van der Waals surface area contributed by atoms with Gasteiger partial charge < -0.3 is 9.73 Å². The van der Waals surface area contributed by atoms with E-state index in [1.807, 2.05) is 0 Å². The molecular weight excluding hydrogens is 248 g/mol. The van der Waals surface area contributed by atoms with Gasteiger partial charge in [0.15, 0.2) is 0 Å². The normalized spacial score (nSPS) is 27.9. The zero-order chi connectivity index (χ0) is 13.9. The molecule has 1 saturated carbocycles. The molecule has 1 aliphatic heterocycles. The summed E-state index contributed by atoms with van der Waals surface area (Å²) in [5.74, 6) is 4.77. The smallest absolute Gasteiger partial charge is 0.118 e. The lowest BCUT2D eigenvalue weighted by Crippen LogP contribution is -2.36. The van der Waals surface area contributed by atoms with Gasteiger partial charge in [-0.05, 0) is 69.4 Å². The highest BCUT2D eigenvalue weighted by molar-refractivity contribution is 5.17. The Hall–Kier alpha value is -0.800. The van der Waals surface area contributed by atoms with Crippen LogP contribution in [0.3, 0.4) is 0 Å². The van der Waals surface area contributed by atoms with Gasteiger partial charge in [-0.3, -0.25) is 4.90 Å². The largest absolute Gasteiger partial charge is 0.464 e. The summed E-state index contributed by atoms with van der Waals surface area (Å²) in [6, 6.07) is 4.38. The minimum Gasteiger partial charge on any atom is -0.464 e. The third kappa shape index (κ3) is 3.44. The van der Waals surface area contributed by atoms with Crippen LogP contribution in [0.2, 0.25) is 0 Å². The summed E-state index contributed by atoms with van der Waals surface area (Å²) in [6.07, 6.45) is 3.95. The van der Waals surface area contributed by atoms with Crippen LogP contribution in [0.15, 0.2) is 16.5 Å². The second-order valence-corrected chi connectivity index (χ2v) is 6.65. The van der Waals surface area contributed by atoms with Gasteiger partial charge in [-0.2, -0.15) is 0 Å². The minimum absolute atomic E-state index is 0.703. The first kappa shape index (κ1) is 14.2. The fourth-order valence-electron chi connectivity index (χ4n) is 3.31. The zero-order valence-electron chi connectivity index (χ0n) is 12.9. The summed E-state index contributed by atoms with van der Waals surface area (Å²) >= 11 is 0. The van der Waals surface area contributed by atoms with Crippen LogP contribution in [0.1, 0.15) is 50.5 Å². The van der Waals surface area contributed by atoms with E-state index in [0.29, 0.717) is 5.92 Å². The fraction of sp³-hybridized carbons (Fsp3) is 0.765. The highest BCUT2D eigenvalue weighted by atomic mass is 16.3. The van der Waals surface area contributed by atoms with E-state index in [0.717, 1.165) is 30.7 Å². The van der Waals surface area contributed by atoms with Gasteiger partial charge >= 0.3 is 0 Å². The van der Waals surface area contributed by atoms with E-state index < -0.39 is 0 Å². The van der Waals surface area contributed by atoms with Crippen LogP contribution in [0, 0.1) is 11.8 Å². The van der Waals surface area contributed by atoms with Crippen molar-refractivity contribution in [2.45, 2.75) is 45.6 Å². The molecule has 3 nitrogen and oxygen atoms in total. The maximum atomic E-state index is 6.02. The van der Waals surface area contributed by atoms with Crippen molar-refractivity contribution < 1.29 is 4.42 Å². The molecule has 1 N–H and O–H groups in total. The summed E-state index contributed by atoms with van der Waals surface area (Å²) in [4.78, 5) is 2.54. The van der Waals surface area contributed by atoms with Gasteiger partial charge in [-0.25, -0.2) is 0 Å². The van der Waals surface area contributed by atoms with Crippen LogP contribution < -0.4 is 5.32 Å². The Morgan fingerprint density at radius 2 is 2.05 bits per heavy atom. The highest BCUT2D eigenvalue weighted by Gasteiger charge is 2.36. The molecule has 0 spiro atoms. The molecule has 0 amide bonds. The summed E-state index contributed by atoms with van der Waals surface area (Å²) in [6.45, 7) is 10.2. The number of rotatable bonds is 6. The molecule has 20 heavy (non-hydrogen) atoms. The standard InChI is InChI=1S/C17H28N2O/c1-3-18-11-14-6-8-19(9-7-14)12-15-4-5-17(20-15)16-10-13(16)2/h4-5,13-14,16,18H,3,6-12H2,1-2H3. The molecule has 2 aliphatic rings. The topological polar surface area (TPSA) is 28.4 Å². The maximum Gasteiger partial charge on any atom is 0.118 e. The van der Waals surface area contributed by atoms with Gasteiger partial charge in [-0.15, -0.1) is 0 Å². The third-order valence-electron chi connectivity index (χ3n) is 4.93. The van der Waals surface area contributed by atoms with Crippen LogP contribution >= 0.6 is 0 Å². The number of nitrogens with one attached hydrogen (secondary N) is 1. The van der Waals surface area contributed by atoms with Crippen molar-refractivity contribution >= 4 is 0 Å². The van der Waals surface area contributed by atoms with E-state index >= 15 is 0 Å². The van der Waals surface area contributed by atoms with E-state index in [4.69, 9.17) is 4.42 Å². The SMILES string of the molecule is CCNCC1CCN(Cc2ccc(C3CC3C)o2)CC1. The number of piperidine rings is 1. The number of hydrogen-bond donors (Lipinski definition) is 1. The molecule has 0 radical (unpaired) electrons. The van der Waals surface area contributed by atoms with Crippen LogP contribution in [0.5, 0.6) is 0 Å². The van der Waals surface area contributed by atoms with Crippen molar-refractivity contribution in [3.8, 4) is 0 Å². The number of furan rings is 1. The molecule has 2 atom stereocenters. The van der Waals surface area contributed by atoms with Gasteiger partial charge in [0.25, 0.3) is 0 Å². The van der Waals surface area contributed by atoms with Gasteiger partial charge in [0.1, 0.15) is 11.5 Å². The molecule has 1 aromatic heterocycles. The van der Waals surface area contributed by atoms with Gasteiger partial charge in [0.2, 0.25) is 0 Å². The Bertz CT molecular complexity index is 420. The van der Waals surface area contributed by atoms with Gasteiger partial charge in [-0.1, -0.05) is 13.8 Å². The van der Waals surface area contributed by atoms with E-state index in [-0.39, 0.29) is 0 Å². The monoisotopic (exact) mass is 276 g/mol. The van der Waals surface area contributed by atoms with Crippen LogP contribution in [-0.2, 0) is 6.54 Å². The fourth-order valence-corrected chi connectivity index (χ4v) is 3.31. The first-order valence-corrected chi connectivity index (χ1v) is 8.28. The number of likely N-dealkylation sites (tertiary alicyclic amines) is 1. The molecule has 3 rings (SSSR count). The van der Waals surface area contributed by atoms with Gasteiger partial charge in [0.05, 0.1) is 6.54 Å². The lowest BCUT2D eigenvalue weighted by molar-refractivity contribution is 0.164. The maximum absolute atomic E-state index is 6.02.